The maximum atomic E-state index is 13.7. The summed E-state index contributed by atoms with van der Waals surface area (Å²) in [4.78, 5) is 71.9. The highest BCUT2D eigenvalue weighted by atomic mass is 32.1. The van der Waals surface area contributed by atoms with Gasteiger partial charge >= 0.3 is 12.2 Å². The summed E-state index contributed by atoms with van der Waals surface area (Å²) in [5, 5.41) is 7.57. The zero-order chi connectivity index (χ0) is 45.4. The van der Waals surface area contributed by atoms with Crippen LogP contribution in [0.5, 0.6) is 11.5 Å². The van der Waals surface area contributed by atoms with Gasteiger partial charge in [0.1, 0.15) is 35.2 Å². The number of methoxy groups -OCH3 is 2. The molecule has 65 heavy (non-hydrogen) atoms. The number of amides is 4. The Bertz CT molecular complexity index is 2570. The lowest BCUT2D eigenvalue weighted by atomic mass is 9.68. The van der Waals surface area contributed by atoms with Crippen molar-refractivity contribution in [2.45, 2.75) is 110 Å². The van der Waals surface area contributed by atoms with Crippen molar-refractivity contribution in [3.8, 4) is 34.0 Å². The number of hydrogen-bond acceptors (Lipinski definition) is 9. The molecule has 4 atom stereocenters. The van der Waals surface area contributed by atoms with Crippen LogP contribution in [0.4, 0.5) is 9.59 Å². The second-order valence-corrected chi connectivity index (χ2v) is 18.0. The topological polar surface area (TPSA) is 184 Å². The van der Waals surface area contributed by atoms with E-state index in [1.807, 2.05) is 49.9 Å². The number of fused-ring (bicyclic) bond motifs is 3. The first-order valence-electron chi connectivity index (χ1n) is 22.6. The van der Waals surface area contributed by atoms with E-state index in [9.17, 15) is 19.2 Å². The van der Waals surface area contributed by atoms with Gasteiger partial charge in [0.2, 0.25) is 11.8 Å². The minimum absolute atomic E-state index is 0. The number of carbonyl (C=O) groups excluding carboxylic acids is 4. The third-order valence-corrected chi connectivity index (χ3v) is 13.7. The molecule has 8 rings (SSSR count). The molecule has 3 aliphatic rings. The molecule has 0 saturated carbocycles. The molecule has 0 bridgehead atoms. The molecular formula is C49H62N8O7S. The fourth-order valence-corrected chi connectivity index (χ4v) is 10.0. The Morgan fingerprint density at radius 1 is 0.708 bits per heavy atom. The second-order valence-electron chi connectivity index (χ2n) is 18.0. The van der Waals surface area contributed by atoms with Crippen molar-refractivity contribution in [2.75, 3.05) is 27.3 Å². The highest BCUT2D eigenvalue weighted by Gasteiger charge is 2.42. The molecule has 0 unspecified atom stereocenters. The molecule has 3 aromatic carbocycles. The summed E-state index contributed by atoms with van der Waals surface area (Å²) < 4.78 is 16.4. The third-order valence-electron chi connectivity index (χ3n) is 13.7. The van der Waals surface area contributed by atoms with E-state index in [-0.39, 0.29) is 54.6 Å². The number of imidazole rings is 2. The molecule has 0 aliphatic carbocycles. The van der Waals surface area contributed by atoms with E-state index < -0.39 is 24.3 Å². The number of nitrogens with zero attached hydrogens (tertiary/aromatic N) is 4. The number of rotatable bonds is 12. The number of hydrogen-bond donors (Lipinski definition) is 4. The van der Waals surface area contributed by atoms with Gasteiger partial charge < -0.3 is 44.6 Å². The van der Waals surface area contributed by atoms with Gasteiger partial charge in [-0.05, 0) is 85.4 Å². The van der Waals surface area contributed by atoms with E-state index in [1.54, 1.807) is 0 Å². The van der Waals surface area contributed by atoms with Gasteiger partial charge in [0.15, 0.2) is 0 Å². The van der Waals surface area contributed by atoms with Crippen LogP contribution in [0.1, 0.15) is 115 Å². The standard InChI is InChI=1S/C49H60N8O7.H2S/c1-9-49(10-2)33-18-17-31(36-26-51-44(53-36)38-14-12-20-57(38)46(59)42(28(5)6)55-48(61)63-8)24-39(33)64-40-23-29-15-16-30(21-32(29)22-34(40)49)35-25-50-43(52-35)37-13-11-19-56(37)45(58)41(27(3)4)54-47(60)62-7;/h15-18,21-28,37-38,41-42H,9-14,19-20H2,1-8H3,(H,50,52)(H,51,53)(H,54,60)(H,55,61);1H2/t37-,38-,41-,42+;/m0./s1. The molecule has 2 aromatic heterocycles. The van der Waals surface area contributed by atoms with Crippen molar-refractivity contribution in [3.05, 3.63) is 83.7 Å². The normalized spacial score (nSPS) is 18.4. The SMILES string of the molecule is CCC1(CC)c2ccc(-c3cnc([C@@H]4CCCN4C(=O)[C@H](NC(=O)OC)C(C)C)[nH]3)cc2Oc2cc3ccc(-c4cnc([C@@H]5CCCN5C(=O)[C@@H](NC(=O)OC)C(C)C)[nH]4)cc3cc21.S. The van der Waals surface area contributed by atoms with Gasteiger partial charge in [-0.1, -0.05) is 65.8 Å². The Morgan fingerprint density at radius 2 is 1.20 bits per heavy atom. The van der Waals surface area contributed by atoms with Crippen molar-refractivity contribution in [1.29, 1.82) is 0 Å². The number of H-pyrrole nitrogens is 2. The number of ether oxygens (including phenoxy) is 3. The van der Waals surface area contributed by atoms with Crippen molar-refractivity contribution in [1.82, 2.24) is 40.4 Å². The van der Waals surface area contributed by atoms with Gasteiger partial charge in [-0.3, -0.25) is 9.59 Å². The first-order valence-corrected chi connectivity index (χ1v) is 22.6. The average molecular weight is 907 g/mol. The summed E-state index contributed by atoms with van der Waals surface area (Å²) in [6.45, 7) is 13.3. The third kappa shape index (κ3) is 8.76. The smallest absolute Gasteiger partial charge is 0.407 e. The van der Waals surface area contributed by atoms with Gasteiger partial charge in [-0.25, -0.2) is 19.6 Å². The van der Waals surface area contributed by atoms with Crippen molar-refractivity contribution < 1.29 is 33.4 Å². The highest BCUT2D eigenvalue weighted by Crippen LogP contribution is 2.53. The fraction of sp³-hybridized carbons (Fsp3) is 0.469. The summed E-state index contributed by atoms with van der Waals surface area (Å²) in [5.41, 5.74) is 5.58. The Morgan fingerprint density at radius 3 is 1.69 bits per heavy atom. The zero-order valence-electron chi connectivity index (χ0n) is 38.5. The van der Waals surface area contributed by atoms with E-state index >= 15 is 0 Å². The predicted molar refractivity (Wildman–Crippen MR) is 253 cm³/mol. The highest BCUT2D eigenvalue weighted by molar-refractivity contribution is 7.59. The van der Waals surface area contributed by atoms with Gasteiger partial charge in [0.05, 0.1) is 50.1 Å². The summed E-state index contributed by atoms with van der Waals surface area (Å²) >= 11 is 0. The number of carbonyl (C=O) groups is 4. The van der Waals surface area contributed by atoms with Gasteiger partial charge in [0, 0.05) is 40.8 Å². The Labute approximate surface area is 387 Å². The first kappa shape index (κ1) is 46.9. The van der Waals surface area contributed by atoms with E-state index in [2.05, 4.69) is 83.0 Å². The van der Waals surface area contributed by atoms with E-state index in [1.165, 1.54) is 14.2 Å². The van der Waals surface area contributed by atoms with Gasteiger partial charge in [0.25, 0.3) is 0 Å². The van der Waals surface area contributed by atoms with Gasteiger partial charge in [-0.2, -0.15) is 13.5 Å². The number of aromatic nitrogens is 4. The summed E-state index contributed by atoms with van der Waals surface area (Å²) in [7, 11) is 2.59. The van der Waals surface area contributed by atoms with Crippen LogP contribution >= 0.6 is 13.5 Å². The van der Waals surface area contributed by atoms with Crippen molar-refractivity contribution in [2.24, 2.45) is 11.8 Å². The summed E-state index contributed by atoms with van der Waals surface area (Å²) in [6.07, 6.45) is 7.34. The molecule has 16 heteroatoms. The number of benzene rings is 3. The minimum atomic E-state index is -0.708. The molecule has 2 fully saturated rings. The van der Waals surface area contributed by atoms with Crippen LogP contribution in [0.15, 0.2) is 60.9 Å². The number of nitrogens with one attached hydrogen (secondary N) is 4. The molecule has 0 radical (unpaired) electrons. The maximum Gasteiger partial charge on any atom is 0.407 e. The molecule has 5 aromatic rings. The zero-order valence-corrected chi connectivity index (χ0v) is 39.5. The first-order chi connectivity index (χ1) is 30.8. The van der Waals surface area contributed by atoms with Crippen molar-refractivity contribution in [3.63, 3.8) is 0 Å². The van der Waals surface area contributed by atoms with Crippen LogP contribution in [0.3, 0.4) is 0 Å². The van der Waals surface area contributed by atoms with E-state index in [4.69, 9.17) is 24.2 Å². The molecule has 346 valence electrons. The lowest BCUT2D eigenvalue weighted by Gasteiger charge is -2.39. The molecular weight excluding hydrogens is 845 g/mol. The minimum Gasteiger partial charge on any atom is -0.457 e. The molecule has 0 spiro atoms. The Hall–Kier alpha value is -6.03. The Balaban J connectivity index is 0.00000630. The van der Waals surface area contributed by atoms with Crippen LogP contribution in [-0.2, 0) is 24.5 Å². The van der Waals surface area contributed by atoms with E-state index in [0.717, 1.165) is 100 Å². The lowest BCUT2D eigenvalue weighted by molar-refractivity contribution is -0.136. The molecule has 15 nitrogen and oxygen atoms in total. The molecule has 4 amide bonds. The van der Waals surface area contributed by atoms with Crippen molar-refractivity contribution >= 4 is 48.3 Å². The summed E-state index contributed by atoms with van der Waals surface area (Å²) in [6, 6.07) is 15.3. The van der Waals surface area contributed by atoms with Crippen LogP contribution < -0.4 is 15.4 Å². The Kier molecular flexibility index (Phi) is 13.9. The van der Waals surface area contributed by atoms with E-state index in [0.29, 0.717) is 18.9 Å². The lowest BCUT2D eigenvalue weighted by Crippen LogP contribution is -2.51. The molecule has 2 saturated heterocycles. The average Bonchev–Trinajstić information content (AvgIpc) is 4.15. The largest absolute Gasteiger partial charge is 0.457 e. The van der Waals surface area contributed by atoms with Crippen LogP contribution in [-0.4, -0.2) is 93.1 Å². The number of aromatic amines is 2. The quantitative estimate of drug-likeness (QED) is 0.0949. The second kappa shape index (κ2) is 19.2. The molecule has 3 aliphatic heterocycles. The van der Waals surface area contributed by atoms with Crippen LogP contribution in [0.25, 0.3) is 33.3 Å². The van der Waals surface area contributed by atoms with Crippen LogP contribution in [0.2, 0.25) is 0 Å². The number of alkyl carbamates (subject to hydrolysis) is 2. The summed E-state index contributed by atoms with van der Waals surface area (Å²) in [5.74, 6) is 2.53. The van der Waals surface area contributed by atoms with Crippen LogP contribution in [0, 0.1) is 11.8 Å². The maximum absolute atomic E-state index is 13.7. The molecule has 4 N–H and O–H groups in total. The monoisotopic (exact) mass is 906 g/mol. The fourth-order valence-electron chi connectivity index (χ4n) is 10.0. The molecule has 5 heterocycles. The van der Waals surface area contributed by atoms with Gasteiger partial charge in [-0.15, -0.1) is 0 Å². The predicted octanol–water partition coefficient (Wildman–Crippen LogP) is 9.03. The number of likely N-dealkylation sites (tertiary alicyclic amines) is 2.